The first kappa shape index (κ1) is 8.62. The van der Waals surface area contributed by atoms with Crippen molar-refractivity contribution >= 4 is 15.9 Å². The molecule has 1 atom stereocenters. The summed E-state index contributed by atoms with van der Waals surface area (Å²) < 4.78 is 13.6. The lowest BCUT2D eigenvalue weighted by molar-refractivity contribution is 0.352. The first-order valence-corrected chi connectivity index (χ1v) is 3.98. The summed E-state index contributed by atoms with van der Waals surface area (Å²) in [6.45, 7) is -0.00185. The largest absolute Gasteiger partial charge is 0.327 e. The van der Waals surface area contributed by atoms with Crippen LogP contribution in [0.1, 0.15) is 11.7 Å². The highest BCUT2D eigenvalue weighted by molar-refractivity contribution is 9.10. The molecule has 4 heteroatoms. The predicted octanol–water partition coefficient (Wildman–Crippen LogP) is 1.81. The van der Waals surface area contributed by atoms with Crippen LogP contribution in [0.2, 0.25) is 0 Å². The summed E-state index contributed by atoms with van der Waals surface area (Å²) in [4.78, 5) is 3.81. The van der Waals surface area contributed by atoms with E-state index < -0.39 is 6.17 Å². The monoisotopic (exact) mass is 218 g/mol. The number of nitrogens with two attached hydrogens (primary N) is 1. The Balaban J connectivity index is 2.86. The molecule has 0 saturated heterocycles. The summed E-state index contributed by atoms with van der Waals surface area (Å²) in [6.07, 6.45) is 1.97. The van der Waals surface area contributed by atoms with Gasteiger partial charge in [0.1, 0.15) is 6.17 Å². The third kappa shape index (κ3) is 2.24. The van der Waals surface area contributed by atoms with Crippen molar-refractivity contribution in [2.24, 2.45) is 5.73 Å². The van der Waals surface area contributed by atoms with Crippen LogP contribution in [0.3, 0.4) is 0 Å². The molecule has 1 rings (SSSR count). The highest BCUT2D eigenvalue weighted by atomic mass is 79.9. The summed E-state index contributed by atoms with van der Waals surface area (Å²) in [5.41, 5.74) is 5.65. The topological polar surface area (TPSA) is 38.9 Å². The van der Waals surface area contributed by atoms with Crippen molar-refractivity contribution in [2.45, 2.75) is 6.17 Å². The molecule has 0 aliphatic heterocycles. The van der Waals surface area contributed by atoms with Gasteiger partial charge in [0.2, 0.25) is 0 Å². The van der Waals surface area contributed by atoms with Crippen LogP contribution in [0, 0.1) is 0 Å². The fourth-order valence-corrected chi connectivity index (χ4v) is 1.12. The van der Waals surface area contributed by atoms with Crippen LogP contribution in [0.4, 0.5) is 4.39 Å². The van der Waals surface area contributed by atoms with Gasteiger partial charge in [-0.25, -0.2) is 4.39 Å². The molecular formula is C7H8BrFN2. The third-order valence-electron chi connectivity index (χ3n) is 1.29. The summed E-state index contributed by atoms with van der Waals surface area (Å²) in [5.74, 6) is 0. The molecule has 0 aliphatic rings. The fraction of sp³-hybridized carbons (Fsp3) is 0.286. The van der Waals surface area contributed by atoms with Crippen molar-refractivity contribution in [1.29, 1.82) is 0 Å². The van der Waals surface area contributed by atoms with E-state index in [-0.39, 0.29) is 6.54 Å². The Hall–Kier alpha value is -0.480. The minimum Gasteiger partial charge on any atom is -0.327 e. The average molecular weight is 219 g/mol. The van der Waals surface area contributed by atoms with E-state index in [9.17, 15) is 4.39 Å². The van der Waals surface area contributed by atoms with Gasteiger partial charge in [0, 0.05) is 29.0 Å². The number of halogens is 2. The van der Waals surface area contributed by atoms with Crippen LogP contribution in [-0.2, 0) is 0 Å². The van der Waals surface area contributed by atoms with E-state index in [2.05, 4.69) is 20.9 Å². The zero-order valence-electron chi connectivity index (χ0n) is 5.80. The molecule has 2 N–H and O–H groups in total. The zero-order valence-corrected chi connectivity index (χ0v) is 7.38. The average Bonchev–Trinajstić information content (AvgIpc) is 2.03. The second kappa shape index (κ2) is 3.78. The Bertz CT molecular complexity index is 242. The van der Waals surface area contributed by atoms with Crippen molar-refractivity contribution in [3.05, 3.63) is 28.5 Å². The van der Waals surface area contributed by atoms with Crippen molar-refractivity contribution in [3.63, 3.8) is 0 Å². The Morgan fingerprint density at radius 1 is 1.64 bits per heavy atom. The quantitative estimate of drug-likeness (QED) is 0.823. The van der Waals surface area contributed by atoms with Crippen molar-refractivity contribution in [1.82, 2.24) is 4.98 Å². The Kier molecular flexibility index (Phi) is 2.96. The molecule has 0 aromatic carbocycles. The number of aromatic nitrogens is 1. The number of nitrogens with zero attached hydrogens (tertiary/aromatic N) is 1. The molecule has 11 heavy (non-hydrogen) atoms. The van der Waals surface area contributed by atoms with Crippen molar-refractivity contribution < 1.29 is 4.39 Å². The van der Waals surface area contributed by atoms with E-state index in [1.54, 1.807) is 12.3 Å². The summed E-state index contributed by atoms with van der Waals surface area (Å²) >= 11 is 3.19. The van der Waals surface area contributed by atoms with Gasteiger partial charge >= 0.3 is 0 Å². The summed E-state index contributed by atoms with van der Waals surface area (Å²) in [5, 5.41) is 0. The van der Waals surface area contributed by atoms with E-state index in [1.807, 2.05) is 0 Å². The molecule has 1 unspecified atom stereocenters. The zero-order chi connectivity index (χ0) is 8.27. The molecule has 0 aliphatic carbocycles. The van der Waals surface area contributed by atoms with Crippen LogP contribution in [0.5, 0.6) is 0 Å². The van der Waals surface area contributed by atoms with Gasteiger partial charge in [-0.1, -0.05) is 0 Å². The van der Waals surface area contributed by atoms with Crippen LogP contribution in [0.15, 0.2) is 22.9 Å². The second-order valence-corrected chi connectivity index (χ2v) is 3.06. The molecular weight excluding hydrogens is 211 g/mol. The Morgan fingerprint density at radius 3 is 2.91 bits per heavy atom. The standard InChI is InChI=1S/C7H8BrFN2/c8-6-1-5(3-11-4-6)7(9)2-10/h1,3-4,7H,2,10H2. The lowest BCUT2D eigenvalue weighted by Gasteiger charge is -2.03. The van der Waals surface area contributed by atoms with Gasteiger partial charge in [0.05, 0.1) is 0 Å². The van der Waals surface area contributed by atoms with E-state index in [4.69, 9.17) is 5.73 Å². The smallest absolute Gasteiger partial charge is 0.139 e. The molecule has 0 fully saturated rings. The highest BCUT2D eigenvalue weighted by Gasteiger charge is 2.06. The van der Waals surface area contributed by atoms with Gasteiger partial charge in [-0.2, -0.15) is 0 Å². The lowest BCUT2D eigenvalue weighted by Crippen LogP contribution is -2.07. The van der Waals surface area contributed by atoms with Gasteiger partial charge in [-0.15, -0.1) is 0 Å². The van der Waals surface area contributed by atoms with Gasteiger partial charge in [0.25, 0.3) is 0 Å². The fourth-order valence-electron chi connectivity index (χ4n) is 0.736. The molecule has 0 saturated carbocycles. The maximum Gasteiger partial charge on any atom is 0.139 e. The summed E-state index contributed by atoms with van der Waals surface area (Å²) in [7, 11) is 0. The molecule has 0 bridgehead atoms. The molecule has 0 radical (unpaired) electrons. The van der Waals surface area contributed by atoms with E-state index in [0.29, 0.717) is 5.56 Å². The Morgan fingerprint density at radius 2 is 2.36 bits per heavy atom. The van der Waals surface area contributed by atoms with Gasteiger partial charge in [0.15, 0.2) is 0 Å². The predicted molar refractivity (Wildman–Crippen MR) is 44.8 cm³/mol. The Labute approximate surface area is 72.8 Å². The van der Waals surface area contributed by atoms with Crippen LogP contribution in [-0.4, -0.2) is 11.5 Å². The number of hydrogen-bond acceptors (Lipinski definition) is 2. The minimum absolute atomic E-state index is 0.00185. The third-order valence-corrected chi connectivity index (χ3v) is 1.73. The maximum absolute atomic E-state index is 12.9. The van der Waals surface area contributed by atoms with Crippen LogP contribution >= 0.6 is 15.9 Å². The van der Waals surface area contributed by atoms with E-state index in [0.717, 1.165) is 4.47 Å². The summed E-state index contributed by atoms with van der Waals surface area (Å²) in [6, 6.07) is 1.67. The number of hydrogen-bond donors (Lipinski definition) is 1. The number of rotatable bonds is 2. The van der Waals surface area contributed by atoms with E-state index in [1.165, 1.54) is 6.20 Å². The molecule has 60 valence electrons. The first-order valence-electron chi connectivity index (χ1n) is 3.18. The number of pyridine rings is 1. The normalized spacial score (nSPS) is 13.0. The maximum atomic E-state index is 12.9. The second-order valence-electron chi connectivity index (χ2n) is 2.14. The number of alkyl halides is 1. The van der Waals surface area contributed by atoms with Crippen molar-refractivity contribution in [3.8, 4) is 0 Å². The highest BCUT2D eigenvalue weighted by Crippen LogP contribution is 2.18. The van der Waals surface area contributed by atoms with Crippen LogP contribution in [0.25, 0.3) is 0 Å². The molecule has 0 spiro atoms. The van der Waals surface area contributed by atoms with Crippen molar-refractivity contribution in [2.75, 3.05) is 6.54 Å². The molecule has 1 aromatic rings. The minimum atomic E-state index is -1.11. The van der Waals surface area contributed by atoms with Crippen LogP contribution < -0.4 is 5.73 Å². The van der Waals surface area contributed by atoms with E-state index >= 15 is 0 Å². The van der Waals surface area contributed by atoms with Gasteiger partial charge < -0.3 is 5.73 Å². The lowest BCUT2D eigenvalue weighted by atomic mass is 10.2. The van der Waals surface area contributed by atoms with Gasteiger partial charge in [-0.3, -0.25) is 4.98 Å². The SMILES string of the molecule is NCC(F)c1cncc(Br)c1. The molecule has 1 heterocycles. The molecule has 1 aromatic heterocycles. The van der Waals surface area contributed by atoms with Gasteiger partial charge in [-0.05, 0) is 22.0 Å². The molecule has 0 amide bonds. The first-order chi connectivity index (χ1) is 5.24. The molecule has 2 nitrogen and oxygen atoms in total.